The van der Waals surface area contributed by atoms with Gasteiger partial charge in [0.1, 0.15) is 0 Å². The van der Waals surface area contributed by atoms with Gasteiger partial charge in [-0.3, -0.25) is 0 Å². The molecule has 0 aromatic carbocycles. The molecular formula is C13H23N3O3. The average Bonchev–Trinajstić information content (AvgIpc) is 2.88. The summed E-state index contributed by atoms with van der Waals surface area (Å²) in [5.74, 6) is -0.390. The number of likely N-dealkylation sites (N-methyl/N-ethyl adjacent to an activating group) is 1. The number of piperidine rings is 1. The Bertz CT molecular complexity index is 326. The fourth-order valence-corrected chi connectivity index (χ4v) is 3.02. The number of hydrogen-bond donors (Lipinski definition) is 0. The number of ether oxygens (including phenoxy) is 2. The van der Waals surface area contributed by atoms with Crippen molar-refractivity contribution < 1.29 is 14.3 Å². The van der Waals surface area contributed by atoms with Gasteiger partial charge in [0, 0.05) is 52.1 Å². The van der Waals surface area contributed by atoms with Crippen LogP contribution in [0.15, 0.2) is 0 Å². The molecule has 3 rings (SSSR count). The number of nitrogens with zero attached hydrogens (tertiary/aromatic N) is 3. The van der Waals surface area contributed by atoms with Crippen LogP contribution in [0, 0.1) is 0 Å². The fourth-order valence-electron chi connectivity index (χ4n) is 3.02. The van der Waals surface area contributed by atoms with Crippen molar-refractivity contribution >= 4 is 6.03 Å². The van der Waals surface area contributed by atoms with Crippen LogP contribution in [0.25, 0.3) is 0 Å². The first kappa shape index (κ1) is 13.1. The molecule has 0 atom stereocenters. The summed E-state index contributed by atoms with van der Waals surface area (Å²) < 4.78 is 11.4. The summed E-state index contributed by atoms with van der Waals surface area (Å²) in [6.07, 6.45) is 1.60. The van der Waals surface area contributed by atoms with E-state index in [1.807, 2.05) is 9.80 Å². The average molecular weight is 269 g/mol. The topological polar surface area (TPSA) is 45.2 Å². The molecule has 3 aliphatic heterocycles. The van der Waals surface area contributed by atoms with E-state index in [0.717, 1.165) is 52.1 Å². The van der Waals surface area contributed by atoms with E-state index in [-0.39, 0.29) is 11.8 Å². The third-order valence-corrected chi connectivity index (χ3v) is 4.38. The molecule has 0 aliphatic carbocycles. The minimum atomic E-state index is -0.390. The zero-order chi connectivity index (χ0) is 13.3. The Morgan fingerprint density at radius 3 is 2.00 bits per heavy atom. The van der Waals surface area contributed by atoms with Crippen molar-refractivity contribution in [3.05, 3.63) is 0 Å². The quantitative estimate of drug-likeness (QED) is 0.630. The number of carbonyl (C=O) groups excluding carboxylic acids is 1. The van der Waals surface area contributed by atoms with Crippen molar-refractivity contribution in [1.82, 2.24) is 14.7 Å². The minimum Gasteiger partial charge on any atom is -0.347 e. The first-order valence-corrected chi connectivity index (χ1v) is 7.19. The lowest BCUT2D eigenvalue weighted by atomic mass is 10.0. The summed E-state index contributed by atoms with van der Waals surface area (Å²) >= 11 is 0. The zero-order valence-corrected chi connectivity index (χ0v) is 11.6. The Morgan fingerprint density at radius 2 is 1.42 bits per heavy atom. The SMILES string of the molecule is CN1CCN(C(=O)N2CCC3(CC2)OCCO3)CC1. The Hall–Kier alpha value is -0.850. The predicted molar refractivity (Wildman–Crippen MR) is 69.9 cm³/mol. The van der Waals surface area contributed by atoms with E-state index >= 15 is 0 Å². The molecular weight excluding hydrogens is 246 g/mol. The van der Waals surface area contributed by atoms with Crippen molar-refractivity contribution in [3.63, 3.8) is 0 Å². The molecule has 3 saturated heterocycles. The van der Waals surface area contributed by atoms with Gasteiger partial charge in [0.05, 0.1) is 13.2 Å². The number of carbonyl (C=O) groups is 1. The summed E-state index contributed by atoms with van der Waals surface area (Å²) in [7, 11) is 2.10. The maximum absolute atomic E-state index is 12.4. The first-order chi connectivity index (χ1) is 9.19. The lowest BCUT2D eigenvalue weighted by Gasteiger charge is -2.41. The van der Waals surface area contributed by atoms with Crippen molar-refractivity contribution in [2.24, 2.45) is 0 Å². The molecule has 0 radical (unpaired) electrons. The molecule has 3 fully saturated rings. The largest absolute Gasteiger partial charge is 0.347 e. The van der Waals surface area contributed by atoms with E-state index in [4.69, 9.17) is 9.47 Å². The third-order valence-electron chi connectivity index (χ3n) is 4.38. The maximum atomic E-state index is 12.4. The van der Waals surface area contributed by atoms with Gasteiger partial charge in [-0.25, -0.2) is 4.79 Å². The number of urea groups is 1. The highest BCUT2D eigenvalue weighted by molar-refractivity contribution is 5.74. The molecule has 6 heteroatoms. The molecule has 19 heavy (non-hydrogen) atoms. The highest BCUT2D eigenvalue weighted by atomic mass is 16.7. The van der Waals surface area contributed by atoms with Crippen LogP contribution in [-0.2, 0) is 9.47 Å². The van der Waals surface area contributed by atoms with Crippen molar-refractivity contribution in [1.29, 1.82) is 0 Å². The van der Waals surface area contributed by atoms with E-state index < -0.39 is 0 Å². The molecule has 108 valence electrons. The van der Waals surface area contributed by atoms with Gasteiger partial charge in [-0.2, -0.15) is 0 Å². The smallest absolute Gasteiger partial charge is 0.320 e. The van der Waals surface area contributed by atoms with Crippen molar-refractivity contribution in [3.8, 4) is 0 Å². The third kappa shape index (κ3) is 2.70. The molecule has 6 nitrogen and oxygen atoms in total. The van der Waals surface area contributed by atoms with Crippen molar-refractivity contribution in [2.75, 3.05) is 59.5 Å². The van der Waals surface area contributed by atoms with Crippen LogP contribution in [0.4, 0.5) is 4.79 Å². The van der Waals surface area contributed by atoms with Gasteiger partial charge in [-0.05, 0) is 7.05 Å². The molecule has 0 bridgehead atoms. The summed E-state index contributed by atoms with van der Waals surface area (Å²) in [6.45, 7) is 6.47. The fraction of sp³-hybridized carbons (Fsp3) is 0.923. The molecule has 0 unspecified atom stereocenters. The van der Waals surface area contributed by atoms with E-state index in [1.165, 1.54) is 0 Å². The standard InChI is InChI=1S/C13H23N3O3/c1-14-6-8-16(9-7-14)12(17)15-4-2-13(3-5-15)18-10-11-19-13/h2-11H2,1H3. The molecule has 1 spiro atoms. The number of hydrogen-bond acceptors (Lipinski definition) is 4. The summed E-state index contributed by atoms with van der Waals surface area (Å²) in [5, 5.41) is 0. The Morgan fingerprint density at radius 1 is 0.895 bits per heavy atom. The van der Waals surface area contributed by atoms with Gasteiger partial charge in [-0.1, -0.05) is 0 Å². The second-order valence-corrected chi connectivity index (χ2v) is 5.67. The predicted octanol–water partition coefficient (Wildman–Crippen LogP) is 0.193. The van der Waals surface area contributed by atoms with Gasteiger partial charge in [-0.15, -0.1) is 0 Å². The normalized spacial score (nSPS) is 28.1. The number of piperazine rings is 1. The maximum Gasteiger partial charge on any atom is 0.320 e. The summed E-state index contributed by atoms with van der Waals surface area (Å²) in [5.41, 5.74) is 0. The van der Waals surface area contributed by atoms with Gasteiger partial charge in [0.15, 0.2) is 5.79 Å². The minimum absolute atomic E-state index is 0.181. The lowest BCUT2D eigenvalue weighted by molar-refractivity contribution is -0.182. The second kappa shape index (κ2) is 5.26. The second-order valence-electron chi connectivity index (χ2n) is 5.67. The molecule has 3 aliphatic rings. The number of rotatable bonds is 0. The van der Waals surface area contributed by atoms with E-state index in [1.54, 1.807) is 0 Å². The first-order valence-electron chi connectivity index (χ1n) is 7.19. The van der Waals surface area contributed by atoms with Crippen LogP contribution in [-0.4, -0.2) is 86.0 Å². The van der Waals surface area contributed by atoms with Crippen LogP contribution in [0.1, 0.15) is 12.8 Å². The van der Waals surface area contributed by atoms with Gasteiger partial charge in [0.25, 0.3) is 0 Å². The number of likely N-dealkylation sites (tertiary alicyclic amines) is 1. The number of amides is 2. The zero-order valence-electron chi connectivity index (χ0n) is 11.6. The van der Waals surface area contributed by atoms with Crippen LogP contribution in [0.2, 0.25) is 0 Å². The summed E-state index contributed by atoms with van der Waals surface area (Å²) in [6, 6.07) is 0.181. The molecule has 2 amide bonds. The van der Waals surface area contributed by atoms with Crippen LogP contribution < -0.4 is 0 Å². The highest BCUT2D eigenvalue weighted by Gasteiger charge is 2.41. The molecule has 3 heterocycles. The van der Waals surface area contributed by atoms with Crippen molar-refractivity contribution in [2.45, 2.75) is 18.6 Å². The van der Waals surface area contributed by atoms with Crippen LogP contribution in [0.5, 0.6) is 0 Å². The Labute approximate surface area is 114 Å². The molecule has 0 aromatic heterocycles. The van der Waals surface area contributed by atoms with E-state index in [0.29, 0.717) is 13.2 Å². The van der Waals surface area contributed by atoms with Crippen LogP contribution >= 0.6 is 0 Å². The lowest BCUT2D eigenvalue weighted by Crippen LogP contribution is -2.55. The Balaban J connectivity index is 1.52. The van der Waals surface area contributed by atoms with Crippen LogP contribution in [0.3, 0.4) is 0 Å². The molecule has 0 N–H and O–H groups in total. The van der Waals surface area contributed by atoms with E-state index in [2.05, 4.69) is 11.9 Å². The van der Waals surface area contributed by atoms with E-state index in [9.17, 15) is 4.79 Å². The summed E-state index contributed by atoms with van der Waals surface area (Å²) in [4.78, 5) is 18.6. The van der Waals surface area contributed by atoms with Gasteiger partial charge in [0.2, 0.25) is 0 Å². The monoisotopic (exact) mass is 269 g/mol. The molecule has 0 saturated carbocycles. The Kier molecular flexibility index (Phi) is 3.64. The molecule has 0 aromatic rings. The van der Waals surface area contributed by atoms with Gasteiger partial charge >= 0.3 is 6.03 Å². The highest BCUT2D eigenvalue weighted by Crippen LogP contribution is 2.31. The van der Waals surface area contributed by atoms with Gasteiger partial charge < -0.3 is 24.2 Å².